The third-order valence-corrected chi connectivity index (χ3v) is 3.99. The summed E-state index contributed by atoms with van der Waals surface area (Å²) in [5.74, 6) is 0. The summed E-state index contributed by atoms with van der Waals surface area (Å²) in [6, 6.07) is 14.1. The lowest BCUT2D eigenvalue weighted by atomic mass is 10.0. The van der Waals surface area contributed by atoms with E-state index in [0.717, 1.165) is 40.2 Å². The zero-order valence-electron chi connectivity index (χ0n) is 13.8. The van der Waals surface area contributed by atoms with Crippen LogP contribution < -0.4 is 5.73 Å². The highest BCUT2D eigenvalue weighted by Gasteiger charge is 2.16. The van der Waals surface area contributed by atoms with Crippen LogP contribution in [0, 0.1) is 0 Å². The van der Waals surface area contributed by atoms with Gasteiger partial charge in [0.15, 0.2) is 0 Å². The summed E-state index contributed by atoms with van der Waals surface area (Å²) >= 11 is 0. The molecule has 0 saturated carbocycles. The molecule has 0 unspecified atom stereocenters. The van der Waals surface area contributed by atoms with E-state index in [1.54, 1.807) is 4.48 Å². The Morgan fingerprint density at radius 1 is 1.17 bits per heavy atom. The Hall–Kier alpha value is -2.59. The van der Waals surface area contributed by atoms with Crippen molar-refractivity contribution in [1.82, 2.24) is 4.48 Å². The fourth-order valence-corrected chi connectivity index (χ4v) is 2.84. The molecule has 0 aliphatic carbocycles. The van der Waals surface area contributed by atoms with Crippen LogP contribution in [0.3, 0.4) is 0 Å². The Labute approximate surface area is 144 Å². The van der Waals surface area contributed by atoms with Gasteiger partial charge < -0.3 is 10.2 Å². The average molecular weight is 313 g/mol. The second-order valence-corrected chi connectivity index (χ2v) is 5.77. The van der Waals surface area contributed by atoms with Gasteiger partial charge in [0.1, 0.15) is 0 Å². The zero-order chi connectivity index (χ0) is 16.9. The summed E-state index contributed by atoms with van der Waals surface area (Å²) < 4.78 is 1.62. The summed E-state index contributed by atoms with van der Waals surface area (Å²) in [6.45, 7) is 2.63. The summed E-state index contributed by atoms with van der Waals surface area (Å²) in [5.41, 5.74) is 12.0. The predicted octanol–water partition coefficient (Wildman–Crippen LogP) is 3.59. The monoisotopic (exact) mass is 313 g/mol. The van der Waals surface area contributed by atoms with Crippen LogP contribution in [0.5, 0.6) is 0 Å². The maximum absolute atomic E-state index is 6.01. The number of nitrogens with two attached hydrogens (primary N) is 1. The lowest BCUT2D eigenvalue weighted by Gasteiger charge is -2.11. The first-order valence-corrected chi connectivity index (χ1v) is 8.05. The number of nitrogens with zero attached hydrogens (tertiary/aromatic N) is 2. The molecular weight excluding hydrogens is 293 g/mol. The fraction of sp³-hybridized carbons (Fsp3) is 0.150. The number of benzene rings is 1. The molecule has 1 aliphatic heterocycles. The Morgan fingerprint density at radius 2 is 1.96 bits per heavy atom. The van der Waals surface area contributed by atoms with Crippen LogP contribution >= 0.6 is 0 Å². The first kappa shape index (κ1) is 16.3. The molecule has 2 heterocycles. The lowest BCUT2D eigenvalue weighted by molar-refractivity contribution is 0.997. The van der Waals surface area contributed by atoms with Crippen LogP contribution in [0.1, 0.15) is 24.6 Å². The fourth-order valence-electron chi connectivity index (χ4n) is 2.84. The van der Waals surface area contributed by atoms with E-state index < -0.39 is 0 Å². The first-order chi connectivity index (χ1) is 11.7. The second-order valence-electron chi connectivity index (χ2n) is 5.77. The molecule has 1 aromatic carbocycles. The van der Waals surface area contributed by atoms with Crippen molar-refractivity contribution in [3.05, 3.63) is 83.3 Å². The van der Waals surface area contributed by atoms with Crippen molar-refractivity contribution >= 4 is 25.3 Å². The summed E-state index contributed by atoms with van der Waals surface area (Å²) in [5, 5.41) is 0. The van der Waals surface area contributed by atoms with Gasteiger partial charge in [0, 0.05) is 11.3 Å². The van der Waals surface area contributed by atoms with Gasteiger partial charge in [-0.15, -0.1) is 0 Å². The largest absolute Gasteiger partial charge is 0.403 e. The number of allylic oxidation sites excluding steroid dienone is 3. The van der Waals surface area contributed by atoms with Gasteiger partial charge >= 0.3 is 0 Å². The van der Waals surface area contributed by atoms with Crippen LogP contribution in [0.15, 0.2) is 77.1 Å². The van der Waals surface area contributed by atoms with Gasteiger partial charge in [0.25, 0.3) is 0 Å². The molecule has 2 radical (unpaired) electrons. The first-order valence-electron chi connectivity index (χ1n) is 8.05. The van der Waals surface area contributed by atoms with Crippen LogP contribution in [0.25, 0.3) is 11.6 Å². The topological polar surface area (TPSA) is 43.3 Å². The molecular formula is C20H20BN3. The van der Waals surface area contributed by atoms with Crippen molar-refractivity contribution in [1.29, 1.82) is 0 Å². The van der Waals surface area contributed by atoms with E-state index in [1.807, 2.05) is 42.6 Å². The maximum Gasteiger partial charge on any atom is 0.234 e. The second kappa shape index (κ2) is 7.32. The minimum atomic E-state index is 0.558. The highest BCUT2D eigenvalue weighted by molar-refractivity contribution is 6.11. The number of hydrogen-bond acceptors (Lipinski definition) is 2. The van der Waals surface area contributed by atoms with Crippen LogP contribution in [-0.4, -0.2) is 24.7 Å². The van der Waals surface area contributed by atoms with Crippen molar-refractivity contribution in [2.75, 3.05) is 6.54 Å². The van der Waals surface area contributed by atoms with Crippen LogP contribution in [0.4, 0.5) is 0 Å². The smallest absolute Gasteiger partial charge is 0.234 e. The van der Waals surface area contributed by atoms with E-state index in [-0.39, 0.29) is 0 Å². The number of rotatable bonds is 5. The number of hydrogen-bond donors (Lipinski definition) is 1. The summed E-state index contributed by atoms with van der Waals surface area (Å²) in [4.78, 5) is 4.79. The van der Waals surface area contributed by atoms with Crippen molar-refractivity contribution < 1.29 is 0 Å². The molecule has 24 heavy (non-hydrogen) atoms. The van der Waals surface area contributed by atoms with E-state index >= 15 is 0 Å². The average Bonchev–Trinajstić information content (AvgIpc) is 3.18. The van der Waals surface area contributed by atoms with E-state index in [9.17, 15) is 0 Å². The quantitative estimate of drug-likeness (QED) is 0.842. The molecule has 3 rings (SSSR count). The van der Waals surface area contributed by atoms with Gasteiger partial charge in [-0.2, -0.15) is 0 Å². The third-order valence-electron chi connectivity index (χ3n) is 3.99. The van der Waals surface area contributed by atoms with E-state index in [0.29, 0.717) is 6.54 Å². The van der Waals surface area contributed by atoms with E-state index in [4.69, 9.17) is 18.7 Å². The lowest BCUT2D eigenvalue weighted by Crippen LogP contribution is -2.05. The van der Waals surface area contributed by atoms with Gasteiger partial charge in [-0.05, 0) is 61.5 Å². The Bertz CT molecular complexity index is 839. The molecule has 0 fully saturated rings. The maximum atomic E-state index is 6.01. The van der Waals surface area contributed by atoms with Crippen LogP contribution in [0.2, 0.25) is 0 Å². The minimum absolute atomic E-state index is 0.558. The Morgan fingerprint density at radius 3 is 2.62 bits per heavy atom. The van der Waals surface area contributed by atoms with Gasteiger partial charge in [0.2, 0.25) is 7.98 Å². The molecule has 0 bridgehead atoms. The van der Waals surface area contributed by atoms with Crippen molar-refractivity contribution in [3.8, 4) is 0 Å². The van der Waals surface area contributed by atoms with Gasteiger partial charge in [-0.3, -0.25) is 0 Å². The number of aliphatic imine (C=N–C) groups is 1. The molecule has 0 spiro atoms. The number of aromatic nitrogens is 1. The van der Waals surface area contributed by atoms with Gasteiger partial charge in [0.05, 0.1) is 11.4 Å². The molecule has 0 amide bonds. The molecule has 0 atom stereocenters. The zero-order valence-corrected chi connectivity index (χ0v) is 13.8. The molecule has 2 aromatic rings. The van der Waals surface area contributed by atoms with Crippen molar-refractivity contribution in [3.63, 3.8) is 0 Å². The predicted molar refractivity (Wildman–Crippen MR) is 103 cm³/mol. The SMILES string of the molecule is [B]n1cccc1C(CCN)=C1N=C(C=Cc2ccccc2)C=C1C. The molecule has 0 saturated heterocycles. The Balaban J connectivity index is 1.96. The molecule has 3 nitrogen and oxygen atoms in total. The van der Waals surface area contributed by atoms with Crippen molar-refractivity contribution in [2.45, 2.75) is 13.3 Å². The summed E-state index contributed by atoms with van der Waals surface area (Å²) in [7, 11) is 6.01. The Kier molecular flexibility index (Phi) is 4.97. The van der Waals surface area contributed by atoms with E-state index in [1.165, 1.54) is 0 Å². The minimum Gasteiger partial charge on any atom is -0.403 e. The molecule has 1 aliphatic rings. The van der Waals surface area contributed by atoms with Gasteiger partial charge in [-0.1, -0.05) is 36.4 Å². The standard InChI is InChI=1S/C20H20BN3/c1-15-14-17(10-9-16-6-3-2-4-7-16)23-20(15)18(11-12-22)19-8-5-13-24(19)21/h2-10,13-14H,11-12,22H2,1H3. The molecule has 2 N–H and O–H groups in total. The molecule has 4 heteroatoms. The van der Waals surface area contributed by atoms with Gasteiger partial charge in [-0.25, -0.2) is 4.99 Å². The highest BCUT2D eigenvalue weighted by Crippen LogP contribution is 2.30. The van der Waals surface area contributed by atoms with Crippen LogP contribution in [-0.2, 0) is 0 Å². The van der Waals surface area contributed by atoms with E-state index in [2.05, 4.69) is 31.2 Å². The third kappa shape index (κ3) is 3.49. The molecule has 118 valence electrons. The van der Waals surface area contributed by atoms with Crippen molar-refractivity contribution in [2.24, 2.45) is 10.7 Å². The molecule has 1 aromatic heterocycles. The highest BCUT2D eigenvalue weighted by atomic mass is 14.9. The summed E-state index contributed by atoms with van der Waals surface area (Å²) in [6.07, 6.45) is 8.77. The normalized spacial score (nSPS) is 16.4.